The van der Waals surface area contributed by atoms with Crippen LogP contribution in [0.2, 0.25) is 0 Å². The molecular formula is C15H18O3. The summed E-state index contributed by atoms with van der Waals surface area (Å²) in [4.78, 5) is 0. The number of benzene rings is 2. The topological polar surface area (TPSA) is 38.7 Å². The van der Waals surface area contributed by atoms with Crippen molar-refractivity contribution in [2.75, 3.05) is 20.3 Å². The number of ether oxygens (including phenoxy) is 2. The summed E-state index contributed by atoms with van der Waals surface area (Å²) in [7, 11) is 1.69. The summed E-state index contributed by atoms with van der Waals surface area (Å²) in [6.07, 6.45) is 1.88. The summed E-state index contributed by atoms with van der Waals surface area (Å²) in [5.41, 5.74) is 0. The van der Waals surface area contributed by atoms with Gasteiger partial charge in [0.2, 0.25) is 0 Å². The fourth-order valence-electron chi connectivity index (χ4n) is 1.85. The Labute approximate surface area is 107 Å². The Kier molecular flexibility index (Phi) is 4.42. The van der Waals surface area contributed by atoms with E-state index in [1.807, 2.05) is 30.3 Å². The highest BCUT2D eigenvalue weighted by Crippen LogP contribution is 2.31. The number of methoxy groups -OCH3 is 1. The average Bonchev–Trinajstić information content (AvgIpc) is 2.39. The number of phenolic OH excluding ortho intramolecular Hbond substituents is 1. The van der Waals surface area contributed by atoms with E-state index in [1.54, 1.807) is 13.2 Å². The van der Waals surface area contributed by atoms with Crippen molar-refractivity contribution in [1.82, 2.24) is 0 Å². The first-order valence-corrected chi connectivity index (χ1v) is 6.15. The van der Waals surface area contributed by atoms with Crippen LogP contribution < -0.4 is 4.74 Å². The van der Waals surface area contributed by atoms with Crippen LogP contribution in [0, 0.1) is 0 Å². The van der Waals surface area contributed by atoms with Gasteiger partial charge in [0.1, 0.15) is 0 Å². The first-order valence-electron chi connectivity index (χ1n) is 6.15. The van der Waals surface area contributed by atoms with Gasteiger partial charge in [-0.25, -0.2) is 0 Å². The van der Waals surface area contributed by atoms with Crippen LogP contribution in [0.3, 0.4) is 0 Å². The summed E-state index contributed by atoms with van der Waals surface area (Å²) in [5.74, 6) is 0.742. The normalized spacial score (nSPS) is 10.7. The van der Waals surface area contributed by atoms with Gasteiger partial charge >= 0.3 is 0 Å². The summed E-state index contributed by atoms with van der Waals surface area (Å²) in [5, 5.41) is 11.9. The van der Waals surface area contributed by atoms with Crippen LogP contribution in [0.25, 0.3) is 10.8 Å². The second-order valence-electron chi connectivity index (χ2n) is 4.22. The number of phenols is 1. The Morgan fingerprint density at radius 1 is 1.00 bits per heavy atom. The maximum absolute atomic E-state index is 9.86. The molecule has 0 heterocycles. The molecule has 0 saturated carbocycles. The molecule has 0 unspecified atom stereocenters. The summed E-state index contributed by atoms with van der Waals surface area (Å²) >= 11 is 0. The van der Waals surface area contributed by atoms with Gasteiger partial charge in [-0.15, -0.1) is 0 Å². The fraction of sp³-hybridized carbons (Fsp3) is 0.333. The molecule has 2 rings (SSSR count). The predicted octanol–water partition coefficient (Wildman–Crippen LogP) is 3.35. The maximum Gasteiger partial charge on any atom is 0.161 e. The molecule has 3 heteroatoms. The van der Waals surface area contributed by atoms with Crippen LogP contribution in [0.15, 0.2) is 36.4 Å². The minimum atomic E-state index is 0.195. The van der Waals surface area contributed by atoms with Crippen molar-refractivity contribution in [2.45, 2.75) is 12.8 Å². The van der Waals surface area contributed by atoms with Gasteiger partial charge < -0.3 is 14.6 Å². The van der Waals surface area contributed by atoms with Crippen LogP contribution in [0.5, 0.6) is 11.5 Å². The van der Waals surface area contributed by atoms with Crippen LogP contribution in [-0.2, 0) is 4.74 Å². The molecule has 0 fully saturated rings. The number of hydrogen-bond donors (Lipinski definition) is 1. The number of rotatable bonds is 6. The molecule has 0 aliphatic carbocycles. The lowest BCUT2D eigenvalue weighted by molar-refractivity contribution is 0.183. The third kappa shape index (κ3) is 3.14. The van der Waals surface area contributed by atoms with Gasteiger partial charge in [0.05, 0.1) is 6.61 Å². The molecule has 0 aliphatic rings. The molecule has 0 spiro atoms. The highest BCUT2D eigenvalue weighted by molar-refractivity contribution is 5.85. The molecule has 0 bridgehead atoms. The van der Waals surface area contributed by atoms with Crippen LogP contribution in [0.4, 0.5) is 0 Å². The van der Waals surface area contributed by atoms with E-state index in [2.05, 4.69) is 0 Å². The van der Waals surface area contributed by atoms with E-state index in [0.717, 1.165) is 30.2 Å². The van der Waals surface area contributed by atoms with Crippen molar-refractivity contribution < 1.29 is 14.6 Å². The largest absolute Gasteiger partial charge is 0.504 e. The van der Waals surface area contributed by atoms with Gasteiger partial charge in [-0.05, 0) is 35.7 Å². The second kappa shape index (κ2) is 6.26. The lowest BCUT2D eigenvalue weighted by atomic mass is 10.1. The van der Waals surface area contributed by atoms with Crippen molar-refractivity contribution >= 4 is 10.8 Å². The van der Waals surface area contributed by atoms with E-state index in [9.17, 15) is 5.11 Å². The molecule has 0 atom stereocenters. The van der Waals surface area contributed by atoms with E-state index in [1.165, 1.54) is 0 Å². The standard InChI is InChI=1S/C15H18O3/c1-17-8-4-5-9-18-15-11-13-7-3-2-6-12(13)10-14(15)16/h2-3,6-7,10-11,16H,4-5,8-9H2,1H3. The van der Waals surface area contributed by atoms with Crippen LogP contribution in [0.1, 0.15) is 12.8 Å². The molecule has 2 aromatic carbocycles. The molecule has 3 nitrogen and oxygen atoms in total. The van der Waals surface area contributed by atoms with Crippen molar-refractivity contribution in [3.05, 3.63) is 36.4 Å². The van der Waals surface area contributed by atoms with E-state index in [-0.39, 0.29) is 5.75 Å². The molecule has 0 amide bonds. The Morgan fingerprint density at radius 3 is 2.39 bits per heavy atom. The molecule has 96 valence electrons. The monoisotopic (exact) mass is 246 g/mol. The molecule has 2 aromatic rings. The average molecular weight is 246 g/mol. The molecule has 0 radical (unpaired) electrons. The Morgan fingerprint density at radius 2 is 1.67 bits per heavy atom. The van der Waals surface area contributed by atoms with Gasteiger partial charge in [0, 0.05) is 13.7 Å². The zero-order valence-corrected chi connectivity index (χ0v) is 10.6. The lowest BCUT2D eigenvalue weighted by Gasteiger charge is -2.09. The third-order valence-corrected chi connectivity index (χ3v) is 2.83. The molecule has 1 N–H and O–H groups in total. The Bertz CT molecular complexity index is 508. The molecule has 0 aliphatic heterocycles. The lowest BCUT2D eigenvalue weighted by Crippen LogP contribution is -1.99. The SMILES string of the molecule is COCCCCOc1cc2ccccc2cc1O. The van der Waals surface area contributed by atoms with Gasteiger partial charge in [0.15, 0.2) is 11.5 Å². The van der Waals surface area contributed by atoms with E-state index >= 15 is 0 Å². The van der Waals surface area contributed by atoms with Crippen LogP contribution in [-0.4, -0.2) is 25.4 Å². The zero-order valence-electron chi connectivity index (χ0n) is 10.6. The van der Waals surface area contributed by atoms with Gasteiger partial charge in [0.25, 0.3) is 0 Å². The van der Waals surface area contributed by atoms with E-state index in [0.29, 0.717) is 12.4 Å². The van der Waals surface area contributed by atoms with Crippen molar-refractivity contribution in [3.8, 4) is 11.5 Å². The number of fused-ring (bicyclic) bond motifs is 1. The van der Waals surface area contributed by atoms with E-state index < -0.39 is 0 Å². The maximum atomic E-state index is 9.86. The highest BCUT2D eigenvalue weighted by Gasteiger charge is 2.04. The first-order chi connectivity index (χ1) is 8.81. The first kappa shape index (κ1) is 12.7. The minimum absolute atomic E-state index is 0.195. The molecular weight excluding hydrogens is 228 g/mol. The highest BCUT2D eigenvalue weighted by atomic mass is 16.5. The molecule has 18 heavy (non-hydrogen) atoms. The number of unbranched alkanes of at least 4 members (excludes halogenated alkanes) is 1. The Hall–Kier alpha value is -1.74. The van der Waals surface area contributed by atoms with Crippen molar-refractivity contribution in [2.24, 2.45) is 0 Å². The summed E-state index contributed by atoms with van der Waals surface area (Å²) in [6.45, 7) is 1.34. The van der Waals surface area contributed by atoms with Crippen LogP contribution >= 0.6 is 0 Å². The third-order valence-electron chi connectivity index (χ3n) is 2.83. The quantitative estimate of drug-likeness (QED) is 0.794. The van der Waals surface area contributed by atoms with Crippen molar-refractivity contribution in [1.29, 1.82) is 0 Å². The smallest absolute Gasteiger partial charge is 0.161 e. The van der Waals surface area contributed by atoms with E-state index in [4.69, 9.17) is 9.47 Å². The van der Waals surface area contributed by atoms with Gasteiger partial charge in [-0.3, -0.25) is 0 Å². The number of hydrogen-bond acceptors (Lipinski definition) is 3. The Balaban J connectivity index is 2.01. The minimum Gasteiger partial charge on any atom is -0.504 e. The second-order valence-corrected chi connectivity index (χ2v) is 4.22. The summed E-state index contributed by atoms with van der Waals surface area (Å²) < 4.78 is 10.6. The molecule has 0 saturated heterocycles. The zero-order chi connectivity index (χ0) is 12.8. The van der Waals surface area contributed by atoms with Gasteiger partial charge in [-0.2, -0.15) is 0 Å². The fourth-order valence-corrected chi connectivity index (χ4v) is 1.85. The van der Waals surface area contributed by atoms with Gasteiger partial charge in [-0.1, -0.05) is 24.3 Å². The summed E-state index contributed by atoms with van der Waals surface area (Å²) in [6, 6.07) is 11.5. The van der Waals surface area contributed by atoms with Crippen molar-refractivity contribution in [3.63, 3.8) is 0 Å². The number of aromatic hydroxyl groups is 1. The predicted molar refractivity (Wildman–Crippen MR) is 72.2 cm³/mol. The molecule has 0 aromatic heterocycles.